The highest BCUT2D eigenvalue weighted by Crippen LogP contribution is 2.18. The van der Waals surface area contributed by atoms with Crippen molar-refractivity contribution in [2.24, 2.45) is 0 Å². The highest BCUT2D eigenvalue weighted by molar-refractivity contribution is 6.12. The third kappa shape index (κ3) is 5.44. The van der Waals surface area contributed by atoms with Crippen LogP contribution in [0, 0.1) is 0 Å². The minimum Gasteiger partial charge on any atom is -0.294 e. The third-order valence-electron chi connectivity index (χ3n) is 2.98. The lowest BCUT2D eigenvalue weighted by Gasteiger charge is -2.09. The predicted octanol–water partition coefficient (Wildman–Crippen LogP) is 4.40. The van der Waals surface area contributed by atoms with Gasteiger partial charge in [0.1, 0.15) is 0 Å². The van der Waals surface area contributed by atoms with Crippen LogP contribution in [0.3, 0.4) is 0 Å². The van der Waals surface area contributed by atoms with Gasteiger partial charge in [0.05, 0.1) is 0 Å². The molecule has 0 N–H and O–H groups in total. The maximum absolute atomic E-state index is 12.1. The summed E-state index contributed by atoms with van der Waals surface area (Å²) in [6.45, 7) is 7.78. The van der Waals surface area contributed by atoms with Gasteiger partial charge in [0.15, 0.2) is 11.6 Å². The molecule has 2 heteroatoms. The molecule has 18 heavy (non-hydrogen) atoms. The minimum atomic E-state index is 0.0947. The fourth-order valence-corrected chi connectivity index (χ4v) is 1.88. The Morgan fingerprint density at radius 2 is 1.11 bits per heavy atom. The zero-order valence-electron chi connectivity index (χ0n) is 12.2. The van der Waals surface area contributed by atoms with Gasteiger partial charge in [0.2, 0.25) is 0 Å². The standard InChI is InChI=1S/C16H26O2/c1-5-9-11-15(17)13(7-3)14(8-4)16(18)12-10-6-2/h7-8H,5-6,9-12H2,1-4H3/b13-7-,14-8+. The number of allylic oxidation sites excluding steroid dienone is 4. The van der Waals surface area contributed by atoms with Crippen LogP contribution in [-0.4, -0.2) is 11.6 Å². The second kappa shape index (κ2) is 9.81. The van der Waals surface area contributed by atoms with Gasteiger partial charge in [-0.1, -0.05) is 38.8 Å². The molecule has 0 unspecified atom stereocenters. The van der Waals surface area contributed by atoms with Crippen molar-refractivity contribution >= 4 is 11.6 Å². The summed E-state index contributed by atoms with van der Waals surface area (Å²) < 4.78 is 0. The molecule has 0 fully saturated rings. The van der Waals surface area contributed by atoms with Crippen molar-refractivity contribution in [2.75, 3.05) is 0 Å². The molecule has 0 rings (SSSR count). The Labute approximate surface area is 111 Å². The molecule has 0 aliphatic heterocycles. The molecular weight excluding hydrogens is 224 g/mol. The van der Waals surface area contributed by atoms with E-state index in [2.05, 4.69) is 13.8 Å². The summed E-state index contributed by atoms with van der Waals surface area (Å²) in [5, 5.41) is 0. The first-order valence-corrected chi connectivity index (χ1v) is 7.01. The molecule has 0 amide bonds. The van der Waals surface area contributed by atoms with Crippen molar-refractivity contribution in [1.82, 2.24) is 0 Å². The monoisotopic (exact) mass is 250 g/mol. The molecule has 0 aliphatic carbocycles. The zero-order valence-corrected chi connectivity index (χ0v) is 12.2. The first-order valence-electron chi connectivity index (χ1n) is 7.01. The highest BCUT2D eigenvalue weighted by Gasteiger charge is 2.18. The molecule has 0 aromatic heterocycles. The number of carbonyl (C=O) groups excluding carboxylic acids is 2. The maximum Gasteiger partial charge on any atom is 0.163 e. The summed E-state index contributed by atoms with van der Waals surface area (Å²) in [5.41, 5.74) is 1.21. The lowest BCUT2D eigenvalue weighted by Crippen LogP contribution is -2.12. The summed E-state index contributed by atoms with van der Waals surface area (Å²) in [5.74, 6) is 0.189. The number of unbranched alkanes of at least 4 members (excludes halogenated alkanes) is 2. The molecule has 0 aromatic carbocycles. The Morgan fingerprint density at radius 1 is 0.778 bits per heavy atom. The normalized spacial score (nSPS) is 12.7. The molecule has 0 aromatic rings. The Kier molecular flexibility index (Phi) is 9.17. The van der Waals surface area contributed by atoms with Gasteiger partial charge in [-0.2, -0.15) is 0 Å². The van der Waals surface area contributed by atoms with Gasteiger partial charge in [-0.05, 0) is 26.7 Å². The van der Waals surface area contributed by atoms with Crippen LogP contribution in [0.25, 0.3) is 0 Å². The van der Waals surface area contributed by atoms with Crippen LogP contribution in [0.2, 0.25) is 0 Å². The van der Waals surface area contributed by atoms with Crippen molar-refractivity contribution in [2.45, 2.75) is 66.2 Å². The van der Waals surface area contributed by atoms with Crippen LogP contribution in [0.15, 0.2) is 23.3 Å². The van der Waals surface area contributed by atoms with E-state index in [1.807, 2.05) is 13.8 Å². The van der Waals surface area contributed by atoms with Gasteiger partial charge in [-0.15, -0.1) is 0 Å². The molecule has 0 atom stereocenters. The van der Waals surface area contributed by atoms with Crippen molar-refractivity contribution < 1.29 is 9.59 Å². The lowest BCUT2D eigenvalue weighted by molar-refractivity contribution is -0.118. The molecule has 0 bridgehead atoms. The van der Waals surface area contributed by atoms with Gasteiger partial charge in [-0.3, -0.25) is 9.59 Å². The average Bonchev–Trinajstić information content (AvgIpc) is 2.39. The molecule has 0 aliphatic rings. The molecule has 0 heterocycles. The quantitative estimate of drug-likeness (QED) is 0.449. The van der Waals surface area contributed by atoms with Crippen LogP contribution in [0.4, 0.5) is 0 Å². The summed E-state index contributed by atoms with van der Waals surface area (Å²) in [4.78, 5) is 24.1. The fourth-order valence-electron chi connectivity index (χ4n) is 1.88. The highest BCUT2D eigenvalue weighted by atomic mass is 16.1. The van der Waals surface area contributed by atoms with Crippen LogP contribution in [0.1, 0.15) is 66.2 Å². The van der Waals surface area contributed by atoms with E-state index in [0.29, 0.717) is 24.0 Å². The largest absolute Gasteiger partial charge is 0.294 e. The van der Waals surface area contributed by atoms with E-state index >= 15 is 0 Å². The lowest BCUT2D eigenvalue weighted by atomic mass is 9.93. The Bertz CT molecular complexity index is 301. The van der Waals surface area contributed by atoms with Gasteiger partial charge >= 0.3 is 0 Å². The van der Waals surface area contributed by atoms with Crippen molar-refractivity contribution in [1.29, 1.82) is 0 Å². The van der Waals surface area contributed by atoms with E-state index in [1.54, 1.807) is 12.2 Å². The van der Waals surface area contributed by atoms with E-state index in [0.717, 1.165) is 25.7 Å². The molecule has 102 valence electrons. The number of ketones is 2. The SMILES string of the molecule is C/C=C(C(=O)CCCC)/C(=C\C)C(=O)CCCC. The summed E-state index contributed by atoms with van der Waals surface area (Å²) >= 11 is 0. The predicted molar refractivity (Wildman–Crippen MR) is 76.6 cm³/mol. The first kappa shape index (κ1) is 16.8. The van der Waals surface area contributed by atoms with Gasteiger partial charge in [-0.25, -0.2) is 0 Å². The first-order chi connectivity index (χ1) is 8.62. The smallest absolute Gasteiger partial charge is 0.163 e. The second-order valence-corrected chi connectivity index (χ2v) is 4.46. The number of hydrogen-bond acceptors (Lipinski definition) is 2. The van der Waals surface area contributed by atoms with Gasteiger partial charge in [0, 0.05) is 24.0 Å². The van der Waals surface area contributed by atoms with E-state index in [1.165, 1.54) is 0 Å². The molecule has 0 spiro atoms. The molecule has 0 radical (unpaired) electrons. The number of carbonyl (C=O) groups is 2. The van der Waals surface area contributed by atoms with Crippen LogP contribution in [-0.2, 0) is 9.59 Å². The van der Waals surface area contributed by atoms with E-state index in [9.17, 15) is 9.59 Å². The van der Waals surface area contributed by atoms with Gasteiger partial charge in [0.25, 0.3) is 0 Å². The fraction of sp³-hybridized carbons (Fsp3) is 0.625. The maximum atomic E-state index is 12.1. The molecular formula is C16H26O2. The van der Waals surface area contributed by atoms with E-state index in [4.69, 9.17) is 0 Å². The van der Waals surface area contributed by atoms with Gasteiger partial charge < -0.3 is 0 Å². The van der Waals surface area contributed by atoms with Crippen molar-refractivity contribution in [3.8, 4) is 0 Å². The summed E-state index contributed by atoms with van der Waals surface area (Å²) in [7, 11) is 0. The number of rotatable bonds is 9. The average molecular weight is 250 g/mol. The topological polar surface area (TPSA) is 34.1 Å². The molecule has 0 saturated heterocycles. The Morgan fingerprint density at radius 3 is 1.33 bits per heavy atom. The second-order valence-electron chi connectivity index (χ2n) is 4.46. The molecule has 0 saturated carbocycles. The van der Waals surface area contributed by atoms with E-state index < -0.39 is 0 Å². The van der Waals surface area contributed by atoms with Crippen molar-refractivity contribution in [3.63, 3.8) is 0 Å². The Balaban J connectivity index is 4.80. The summed E-state index contributed by atoms with van der Waals surface area (Å²) in [6, 6.07) is 0. The number of hydrogen-bond donors (Lipinski definition) is 0. The Hall–Kier alpha value is -1.18. The van der Waals surface area contributed by atoms with Crippen molar-refractivity contribution in [3.05, 3.63) is 23.3 Å². The van der Waals surface area contributed by atoms with Crippen LogP contribution < -0.4 is 0 Å². The number of Topliss-reactive ketones (excluding diaryl/α,β-unsaturated/α-hetero) is 2. The zero-order chi connectivity index (χ0) is 14.0. The minimum absolute atomic E-state index is 0.0947. The molecule has 2 nitrogen and oxygen atoms in total. The van der Waals surface area contributed by atoms with E-state index in [-0.39, 0.29) is 11.6 Å². The summed E-state index contributed by atoms with van der Waals surface area (Å²) in [6.07, 6.45) is 8.39. The van der Waals surface area contributed by atoms with Crippen LogP contribution >= 0.6 is 0 Å². The van der Waals surface area contributed by atoms with Crippen LogP contribution in [0.5, 0.6) is 0 Å². The third-order valence-corrected chi connectivity index (χ3v) is 2.98.